The Morgan fingerprint density at radius 1 is 1.17 bits per heavy atom. The highest BCUT2D eigenvalue weighted by atomic mass is 16.5. The van der Waals surface area contributed by atoms with Gasteiger partial charge in [-0.25, -0.2) is 4.99 Å². The molecule has 1 aromatic rings. The lowest BCUT2D eigenvalue weighted by Gasteiger charge is -2.50. The maximum Gasteiger partial charge on any atom is 0.314 e. The molecule has 4 saturated heterocycles. The molecule has 1 aromatic carbocycles. The van der Waals surface area contributed by atoms with Gasteiger partial charge in [0.2, 0.25) is 5.91 Å². The van der Waals surface area contributed by atoms with E-state index in [2.05, 4.69) is 52.8 Å². The summed E-state index contributed by atoms with van der Waals surface area (Å²) in [7, 11) is 0. The lowest BCUT2D eigenvalue weighted by molar-refractivity contribution is -0.129. The molecule has 6 atom stereocenters. The van der Waals surface area contributed by atoms with Gasteiger partial charge in [-0.1, -0.05) is 43.0 Å². The van der Waals surface area contributed by atoms with E-state index in [1.165, 1.54) is 68.8 Å². The highest BCUT2D eigenvalue weighted by Gasteiger charge is 2.52. The number of benzene rings is 1. The van der Waals surface area contributed by atoms with Crippen LogP contribution in [0.1, 0.15) is 61.1 Å². The van der Waals surface area contributed by atoms with E-state index in [-0.39, 0.29) is 29.4 Å². The van der Waals surface area contributed by atoms with E-state index in [4.69, 9.17) is 14.7 Å². The number of allylic oxidation sites excluding steroid dienone is 2. The Kier molecular flexibility index (Phi) is 5.30. The fraction of sp³-hybridized carbons (Fsp3) is 0.559. The molecule has 9 rings (SSSR count). The van der Waals surface area contributed by atoms with Gasteiger partial charge in [-0.2, -0.15) is 4.99 Å². The van der Waals surface area contributed by atoms with Crippen LogP contribution < -0.4 is 0 Å². The maximum absolute atomic E-state index is 12.4. The second-order valence-electron chi connectivity index (χ2n) is 13.6. The summed E-state index contributed by atoms with van der Waals surface area (Å²) in [6, 6.07) is 7.93. The average molecular weight is 550 g/mol. The molecule has 5 aliphatic heterocycles. The summed E-state index contributed by atoms with van der Waals surface area (Å²) in [6.45, 7) is 8.37. The molecule has 41 heavy (non-hydrogen) atoms. The van der Waals surface area contributed by atoms with Gasteiger partial charge in [-0.3, -0.25) is 9.69 Å². The number of hydrogen-bond donors (Lipinski definition) is 0. The average Bonchev–Trinajstić information content (AvgIpc) is 3.28. The summed E-state index contributed by atoms with van der Waals surface area (Å²) in [4.78, 5) is 29.8. The predicted molar refractivity (Wildman–Crippen MR) is 160 cm³/mol. The molecule has 3 aliphatic carbocycles. The molecule has 1 saturated carbocycles. The van der Waals surface area contributed by atoms with Crippen molar-refractivity contribution in [2.75, 3.05) is 32.8 Å². The number of likely N-dealkylation sites (tertiary alicyclic amines) is 2. The highest BCUT2D eigenvalue weighted by Crippen LogP contribution is 2.58. The number of ether oxygens (including phenoxy) is 1. The molecule has 212 valence electrons. The van der Waals surface area contributed by atoms with Crippen molar-refractivity contribution in [1.82, 2.24) is 14.7 Å². The number of hydrogen-bond acceptors (Lipinski definition) is 6. The van der Waals surface area contributed by atoms with Crippen molar-refractivity contribution < 1.29 is 9.53 Å². The molecule has 8 aliphatic rings. The minimum absolute atomic E-state index is 0.0307. The fourth-order valence-corrected chi connectivity index (χ4v) is 9.38. The van der Waals surface area contributed by atoms with Gasteiger partial charge in [-0.05, 0) is 98.2 Å². The van der Waals surface area contributed by atoms with Gasteiger partial charge in [-0.15, -0.1) is 0 Å². The largest absolute Gasteiger partial charge is 0.462 e. The monoisotopic (exact) mass is 549 g/mol. The maximum atomic E-state index is 12.4. The van der Waals surface area contributed by atoms with Crippen LogP contribution >= 0.6 is 0 Å². The number of rotatable bonds is 4. The highest BCUT2D eigenvalue weighted by molar-refractivity contribution is 6.01. The zero-order chi connectivity index (χ0) is 27.3. The van der Waals surface area contributed by atoms with Crippen LogP contribution in [0.5, 0.6) is 0 Å². The van der Waals surface area contributed by atoms with E-state index in [1.54, 1.807) is 11.1 Å². The zero-order valence-electron chi connectivity index (χ0n) is 23.8. The predicted octanol–water partition coefficient (Wildman–Crippen LogP) is 4.17. The third kappa shape index (κ3) is 3.63. The molecule has 0 bridgehead atoms. The number of aliphatic imine (C=N–C) groups is 2. The Balaban J connectivity index is 1.03. The number of fused-ring (bicyclic) bond motifs is 6. The molecular weight excluding hydrogens is 510 g/mol. The molecule has 7 nitrogen and oxygen atoms in total. The van der Waals surface area contributed by atoms with Crippen LogP contribution in [0.25, 0.3) is 5.57 Å². The first-order chi connectivity index (χ1) is 20.1. The van der Waals surface area contributed by atoms with Gasteiger partial charge in [0, 0.05) is 13.1 Å². The van der Waals surface area contributed by atoms with Gasteiger partial charge in [0.25, 0.3) is 0 Å². The van der Waals surface area contributed by atoms with E-state index in [1.807, 2.05) is 4.90 Å². The van der Waals surface area contributed by atoms with E-state index < -0.39 is 0 Å². The first-order valence-corrected chi connectivity index (χ1v) is 15.9. The molecule has 0 N–H and O–H groups in total. The Labute approximate surface area is 242 Å². The molecular formula is C34H39N5O2. The quantitative estimate of drug-likeness (QED) is 0.529. The normalized spacial score (nSPS) is 35.4. The number of nitrogens with zero attached hydrogens (tertiary/aromatic N) is 5. The number of carbonyl (C=O) groups excluding carboxylic acids is 1. The summed E-state index contributed by atoms with van der Waals surface area (Å²) in [6.07, 6.45) is 17.0. The molecule has 4 unspecified atom stereocenters. The van der Waals surface area contributed by atoms with Crippen LogP contribution in [0.2, 0.25) is 0 Å². The smallest absolute Gasteiger partial charge is 0.314 e. The van der Waals surface area contributed by atoms with E-state index in [0.29, 0.717) is 18.7 Å². The zero-order valence-corrected chi connectivity index (χ0v) is 23.8. The van der Waals surface area contributed by atoms with E-state index >= 15 is 0 Å². The first-order valence-electron chi connectivity index (χ1n) is 15.9. The lowest BCUT2D eigenvalue weighted by Crippen LogP contribution is -2.66. The standard InChI is InChI=1S/C34H39N5O2/c1-2-30(40)38-15-10-28-29(38)19-39(28)32-25-9-8-21(24-7-3-6-22-16-23-17-26(23)31(22)24)18-27(25)35-33(36-32)41-20-34-11-4-13-37(34)14-5-12-34/h2-3,6-9,18,23,25-29H,1,4-5,10-17,19-20H2/t23?,25?,26?,27?,28-,29-/m1/s1. The second kappa shape index (κ2) is 8.90. The third-order valence-corrected chi connectivity index (χ3v) is 11.6. The van der Waals surface area contributed by atoms with Crippen molar-refractivity contribution in [1.29, 1.82) is 0 Å². The van der Waals surface area contributed by atoms with Crippen LogP contribution in [0.15, 0.2) is 59.1 Å². The molecule has 0 spiro atoms. The van der Waals surface area contributed by atoms with Crippen LogP contribution in [0, 0.1) is 11.8 Å². The van der Waals surface area contributed by atoms with Crippen molar-refractivity contribution in [2.24, 2.45) is 21.8 Å². The molecule has 7 heteroatoms. The van der Waals surface area contributed by atoms with E-state index in [0.717, 1.165) is 37.2 Å². The van der Waals surface area contributed by atoms with Crippen LogP contribution in [-0.2, 0) is 16.0 Å². The minimum atomic E-state index is -0.0307. The van der Waals surface area contributed by atoms with Gasteiger partial charge >= 0.3 is 6.02 Å². The van der Waals surface area contributed by atoms with Crippen molar-refractivity contribution in [3.8, 4) is 0 Å². The summed E-state index contributed by atoms with van der Waals surface area (Å²) < 4.78 is 6.56. The Bertz CT molecular complexity index is 1450. The van der Waals surface area contributed by atoms with E-state index in [9.17, 15) is 4.79 Å². The van der Waals surface area contributed by atoms with Crippen molar-refractivity contribution in [2.45, 2.75) is 74.5 Å². The summed E-state index contributed by atoms with van der Waals surface area (Å²) >= 11 is 0. The fourth-order valence-electron chi connectivity index (χ4n) is 9.38. The van der Waals surface area contributed by atoms with Crippen molar-refractivity contribution in [3.63, 3.8) is 0 Å². The second-order valence-corrected chi connectivity index (χ2v) is 13.6. The van der Waals surface area contributed by atoms with Gasteiger partial charge in [0.1, 0.15) is 12.4 Å². The van der Waals surface area contributed by atoms with Crippen molar-refractivity contribution >= 4 is 23.3 Å². The number of amidine groups is 2. The first kappa shape index (κ1) is 24.4. The van der Waals surface area contributed by atoms with Crippen LogP contribution in [0.3, 0.4) is 0 Å². The number of carbonyl (C=O) groups is 1. The SMILES string of the molecule is C=CC(=O)N1CC[C@@H]2[C@H]1CN2C1=NC(OCC23CCCN2CCC3)=NC2C=C(c3cccc4c3C3CC3C4)C=CC12. The summed E-state index contributed by atoms with van der Waals surface area (Å²) in [5, 5.41) is 0. The van der Waals surface area contributed by atoms with Gasteiger partial charge < -0.3 is 14.5 Å². The number of amides is 1. The molecule has 5 fully saturated rings. The third-order valence-electron chi connectivity index (χ3n) is 11.6. The lowest BCUT2D eigenvalue weighted by atomic mass is 9.83. The Morgan fingerprint density at radius 2 is 2.05 bits per heavy atom. The molecule has 5 heterocycles. The molecule has 1 amide bonds. The van der Waals surface area contributed by atoms with Gasteiger partial charge in [0.15, 0.2) is 0 Å². The topological polar surface area (TPSA) is 60.7 Å². The van der Waals surface area contributed by atoms with Crippen LogP contribution in [0.4, 0.5) is 0 Å². The van der Waals surface area contributed by atoms with Gasteiger partial charge in [0.05, 0.1) is 29.6 Å². The Hall–Kier alpha value is -3.19. The summed E-state index contributed by atoms with van der Waals surface area (Å²) in [5.41, 5.74) is 5.98. The Morgan fingerprint density at radius 3 is 2.90 bits per heavy atom. The minimum Gasteiger partial charge on any atom is -0.462 e. The summed E-state index contributed by atoms with van der Waals surface area (Å²) in [5.74, 6) is 2.81. The van der Waals surface area contributed by atoms with Crippen LogP contribution in [-0.4, -0.2) is 88.9 Å². The molecule has 0 radical (unpaired) electrons. The molecule has 0 aromatic heterocycles. The van der Waals surface area contributed by atoms with Crippen molar-refractivity contribution in [3.05, 3.63) is 65.8 Å².